The second-order valence-electron chi connectivity index (χ2n) is 15.9. The van der Waals surface area contributed by atoms with Crippen LogP contribution in [0, 0.1) is 11.3 Å². The van der Waals surface area contributed by atoms with Crippen molar-refractivity contribution in [1.29, 1.82) is 5.26 Å². The van der Waals surface area contributed by atoms with Crippen LogP contribution in [-0.4, -0.2) is 22.8 Å². The minimum atomic E-state index is -1.91. The van der Waals surface area contributed by atoms with Crippen molar-refractivity contribution in [2.24, 2.45) is 0 Å². The number of para-hydroxylation sites is 2. The Morgan fingerprint density at radius 3 is 2.23 bits per heavy atom. The summed E-state index contributed by atoms with van der Waals surface area (Å²) in [7, 11) is 0. The van der Waals surface area contributed by atoms with Gasteiger partial charge in [-0.15, -0.1) is 11.3 Å². The summed E-state index contributed by atoms with van der Waals surface area (Å²) >= 11 is -0.175. The number of hydrogen-bond donors (Lipinski definition) is 0. The first-order chi connectivity index (χ1) is 25.5. The van der Waals surface area contributed by atoms with Crippen LogP contribution >= 0.6 is 11.3 Å². The molecule has 0 fully saturated rings. The number of rotatable bonds is 6. The van der Waals surface area contributed by atoms with Gasteiger partial charge in [0.25, 0.3) is 0 Å². The fourth-order valence-electron chi connectivity index (χ4n) is 7.99. The molecule has 6 aromatic carbocycles. The van der Waals surface area contributed by atoms with Crippen LogP contribution in [0.25, 0.3) is 81.3 Å². The number of furan rings is 1. The van der Waals surface area contributed by atoms with E-state index in [-0.39, 0.29) is 11.8 Å². The smallest absolute Gasteiger partial charge is 0.228 e. The van der Waals surface area contributed by atoms with Crippen molar-refractivity contribution in [3.63, 3.8) is 0 Å². The van der Waals surface area contributed by atoms with Gasteiger partial charge in [0, 0.05) is 25.7 Å². The van der Waals surface area contributed by atoms with E-state index in [0.717, 1.165) is 60.1 Å². The average molecular weight is 769 g/mol. The number of thiophene rings is 1. The molecule has 0 N–H and O–H groups in total. The Labute approximate surface area is 316 Å². The van der Waals surface area contributed by atoms with E-state index in [2.05, 4.69) is 153 Å². The fourth-order valence-corrected chi connectivity index (χ4v) is 11.7. The molecule has 3 heterocycles. The van der Waals surface area contributed by atoms with E-state index < -0.39 is 13.3 Å². The van der Waals surface area contributed by atoms with Crippen LogP contribution in [0.3, 0.4) is 0 Å². The molecule has 0 aliphatic rings. The molecule has 9 rings (SSSR count). The summed E-state index contributed by atoms with van der Waals surface area (Å²) < 4.78 is 13.2. The van der Waals surface area contributed by atoms with Crippen molar-refractivity contribution in [3.8, 4) is 34.3 Å². The van der Waals surface area contributed by atoms with Gasteiger partial charge in [-0.3, -0.25) is 0 Å². The van der Waals surface area contributed by atoms with Gasteiger partial charge in [-0.25, -0.2) is 4.98 Å². The molecular weight excluding hydrogens is 727 g/mol. The normalized spacial score (nSPS) is 12.4. The summed E-state index contributed by atoms with van der Waals surface area (Å²) in [5.74, 6) is 8.63. The van der Waals surface area contributed by atoms with E-state index in [1.807, 2.05) is 12.1 Å². The van der Waals surface area contributed by atoms with Gasteiger partial charge in [0.05, 0.1) is 22.7 Å². The van der Waals surface area contributed by atoms with Gasteiger partial charge in [0.15, 0.2) is 0 Å². The van der Waals surface area contributed by atoms with Crippen LogP contribution in [0.15, 0.2) is 114 Å². The van der Waals surface area contributed by atoms with Crippen LogP contribution < -0.4 is 4.40 Å². The molecule has 6 heteroatoms. The number of fused-ring (bicyclic) bond motifs is 7. The van der Waals surface area contributed by atoms with Crippen LogP contribution in [0.5, 0.6) is 0 Å². The Morgan fingerprint density at radius 1 is 0.736 bits per heavy atom. The summed E-state index contributed by atoms with van der Waals surface area (Å²) in [5, 5.41) is 14.3. The Hall–Kier alpha value is -5.16. The zero-order valence-corrected chi connectivity index (χ0v) is 34.1. The fraction of sp³-hybridized carbons (Fsp3) is 0.191. The third-order valence-corrected chi connectivity index (χ3v) is 16.3. The average Bonchev–Trinajstić information content (AvgIpc) is 3.83. The summed E-state index contributed by atoms with van der Waals surface area (Å²) in [6, 6.07) is 41.6. The van der Waals surface area contributed by atoms with Crippen molar-refractivity contribution in [2.45, 2.75) is 56.8 Å². The Morgan fingerprint density at radius 2 is 1.49 bits per heavy atom. The molecule has 0 aliphatic heterocycles. The maximum atomic E-state index is 9.64. The number of nitriles is 1. The molecule has 260 valence electrons. The first kappa shape index (κ1) is 33.7. The van der Waals surface area contributed by atoms with Crippen molar-refractivity contribution in [3.05, 3.63) is 126 Å². The quantitative estimate of drug-likeness (QED) is 0.158. The van der Waals surface area contributed by atoms with Crippen LogP contribution in [-0.2, 0) is 0 Å². The minimum Gasteiger partial charge on any atom is -0.228 e. The first-order valence-electron chi connectivity index (χ1n) is 18.5. The van der Waals surface area contributed by atoms with Gasteiger partial charge in [0.1, 0.15) is 5.82 Å². The number of nitrogens with zero attached hydrogens (tertiary/aromatic N) is 3. The van der Waals surface area contributed by atoms with Gasteiger partial charge in [-0.05, 0) is 30.3 Å². The molecule has 0 radical (unpaired) electrons. The Bertz CT molecular complexity index is 2950. The molecule has 0 spiro atoms. The monoisotopic (exact) mass is 769 g/mol. The summed E-state index contributed by atoms with van der Waals surface area (Å²) in [4.78, 5) is 5.39. The second-order valence-corrected chi connectivity index (χ2v) is 27.6. The number of aromatic nitrogens is 2. The Balaban J connectivity index is 1.32. The molecule has 0 unspecified atom stereocenters. The predicted molar refractivity (Wildman–Crippen MR) is 228 cm³/mol. The standard InChI is InChI=1S/C47H41GeN3OS/c1-27(2)37-25-38-33-22-18-31(30-16-19-32(20-17-30)48(5,6)7)24-41(33)52-45(38)43(28(3)4)44(37)51-40-14-9-8-13-39(40)50-47(51)36-12-10-11-35-34-21-15-29(26-49)23-42(34)53-46(35)36/h8-25,27-28H,1-7H3. The van der Waals surface area contributed by atoms with Crippen molar-refractivity contribution >= 4 is 82.1 Å². The van der Waals surface area contributed by atoms with Crippen LogP contribution in [0.2, 0.25) is 17.3 Å². The number of benzene rings is 6. The van der Waals surface area contributed by atoms with E-state index in [4.69, 9.17) is 9.40 Å². The third-order valence-electron chi connectivity index (χ3n) is 10.7. The van der Waals surface area contributed by atoms with Crippen LogP contribution in [0.4, 0.5) is 0 Å². The van der Waals surface area contributed by atoms with Gasteiger partial charge in [-0.1, -0.05) is 44.2 Å². The molecule has 0 saturated carbocycles. The molecule has 0 atom stereocenters. The zero-order chi connectivity index (χ0) is 36.8. The van der Waals surface area contributed by atoms with Gasteiger partial charge < -0.3 is 0 Å². The first-order valence-corrected chi connectivity index (χ1v) is 26.7. The molecule has 0 amide bonds. The minimum absolute atomic E-state index is 0.167. The van der Waals surface area contributed by atoms with E-state index in [1.165, 1.54) is 36.7 Å². The van der Waals surface area contributed by atoms with Crippen LogP contribution in [0.1, 0.15) is 56.2 Å². The second kappa shape index (κ2) is 12.5. The number of imidazole rings is 1. The van der Waals surface area contributed by atoms with Crippen molar-refractivity contribution in [1.82, 2.24) is 9.55 Å². The third kappa shape index (κ3) is 5.42. The molecule has 0 aliphatic carbocycles. The molecule has 0 bridgehead atoms. The van der Waals surface area contributed by atoms with E-state index in [9.17, 15) is 5.26 Å². The Kier molecular flexibility index (Phi) is 7.92. The molecule has 0 saturated heterocycles. The molecule has 4 nitrogen and oxygen atoms in total. The molecule has 53 heavy (non-hydrogen) atoms. The van der Waals surface area contributed by atoms with E-state index in [0.29, 0.717) is 5.56 Å². The van der Waals surface area contributed by atoms with Crippen molar-refractivity contribution in [2.75, 3.05) is 0 Å². The molecule has 9 aromatic rings. The molecular formula is C47H41GeN3OS. The zero-order valence-electron chi connectivity index (χ0n) is 31.2. The summed E-state index contributed by atoms with van der Waals surface area (Å²) in [5.41, 5.74) is 11.6. The van der Waals surface area contributed by atoms with E-state index in [1.54, 1.807) is 11.3 Å². The van der Waals surface area contributed by atoms with E-state index >= 15 is 0 Å². The summed E-state index contributed by atoms with van der Waals surface area (Å²) in [6.45, 7) is 9.14. The van der Waals surface area contributed by atoms with Gasteiger partial charge in [-0.2, -0.15) is 5.26 Å². The van der Waals surface area contributed by atoms with Gasteiger partial charge >= 0.3 is 168 Å². The predicted octanol–water partition coefficient (Wildman–Crippen LogP) is 13.3. The van der Waals surface area contributed by atoms with Crippen molar-refractivity contribution < 1.29 is 4.42 Å². The summed E-state index contributed by atoms with van der Waals surface area (Å²) in [6.07, 6.45) is 0. The topological polar surface area (TPSA) is 54.8 Å². The maximum absolute atomic E-state index is 9.64. The number of hydrogen-bond acceptors (Lipinski definition) is 4. The SMILES string of the molecule is CC(C)c1cc2c(oc3cc(-c4cc[c]([Ge]([CH3])([CH3])[CH3])cc4)ccc32)c(C(C)C)c1-n1c(-c2cccc3c2sc2cc(C#N)ccc23)nc2ccccc21. The van der Waals surface area contributed by atoms with Gasteiger partial charge in [0.2, 0.25) is 0 Å². The molecule has 3 aromatic heterocycles.